The van der Waals surface area contributed by atoms with Crippen LogP contribution in [0.5, 0.6) is 0 Å². The quantitative estimate of drug-likeness (QED) is 0.267. The SMILES string of the molecule is Cc1ccc(C)c(NC(=O)CCN2C(=S)N[C@@H](c3ccccn3)[C@H]2c2cc(C)n(-c3ccccc3C)c2C)c1. The summed E-state index contributed by atoms with van der Waals surface area (Å²) in [7, 11) is 0. The van der Waals surface area contributed by atoms with E-state index in [0.29, 0.717) is 18.1 Å². The fourth-order valence-corrected chi connectivity index (χ4v) is 5.89. The maximum atomic E-state index is 13.1. The highest BCUT2D eigenvalue weighted by Crippen LogP contribution is 2.41. The number of thiocarbonyl (C=S) groups is 1. The molecule has 0 bridgehead atoms. The minimum atomic E-state index is -0.133. The zero-order valence-electron chi connectivity index (χ0n) is 23.2. The van der Waals surface area contributed by atoms with E-state index in [9.17, 15) is 4.79 Å². The molecule has 2 N–H and O–H groups in total. The van der Waals surface area contributed by atoms with E-state index in [1.807, 2.05) is 50.4 Å². The molecule has 4 aromatic rings. The summed E-state index contributed by atoms with van der Waals surface area (Å²) in [5.74, 6) is -0.0306. The molecule has 1 saturated heterocycles. The number of nitrogens with zero attached hydrogens (tertiary/aromatic N) is 3. The Morgan fingerprint density at radius 3 is 2.49 bits per heavy atom. The van der Waals surface area contributed by atoms with Crippen molar-refractivity contribution in [2.45, 2.75) is 53.1 Å². The minimum absolute atomic E-state index is 0.0306. The van der Waals surface area contributed by atoms with E-state index >= 15 is 0 Å². The van der Waals surface area contributed by atoms with E-state index in [0.717, 1.165) is 33.9 Å². The summed E-state index contributed by atoms with van der Waals surface area (Å²) < 4.78 is 2.31. The van der Waals surface area contributed by atoms with Gasteiger partial charge in [-0.3, -0.25) is 9.78 Å². The average Bonchev–Trinajstić information content (AvgIpc) is 3.40. The van der Waals surface area contributed by atoms with Crippen LogP contribution in [0, 0.1) is 34.6 Å². The van der Waals surface area contributed by atoms with Crippen molar-refractivity contribution in [1.29, 1.82) is 0 Å². The van der Waals surface area contributed by atoms with Gasteiger partial charge in [0.2, 0.25) is 5.91 Å². The molecule has 1 fully saturated rings. The van der Waals surface area contributed by atoms with E-state index < -0.39 is 0 Å². The summed E-state index contributed by atoms with van der Waals surface area (Å²) in [5.41, 5.74) is 9.81. The number of hydrogen-bond acceptors (Lipinski definition) is 3. The van der Waals surface area contributed by atoms with Gasteiger partial charge in [0.15, 0.2) is 5.11 Å². The monoisotopic (exact) mass is 537 g/mol. The molecule has 3 heterocycles. The zero-order chi connectivity index (χ0) is 27.7. The van der Waals surface area contributed by atoms with Gasteiger partial charge in [0.25, 0.3) is 0 Å². The Labute approximate surface area is 236 Å². The van der Waals surface area contributed by atoms with E-state index in [4.69, 9.17) is 12.2 Å². The van der Waals surface area contributed by atoms with Crippen LogP contribution >= 0.6 is 12.2 Å². The molecule has 0 spiro atoms. The molecule has 0 radical (unpaired) electrons. The molecule has 2 aromatic heterocycles. The molecule has 200 valence electrons. The first-order chi connectivity index (χ1) is 18.7. The van der Waals surface area contributed by atoms with Crippen molar-refractivity contribution in [3.8, 4) is 5.69 Å². The predicted molar refractivity (Wildman–Crippen MR) is 161 cm³/mol. The Kier molecular flexibility index (Phi) is 7.53. The number of carbonyl (C=O) groups excluding carboxylic acids is 1. The van der Waals surface area contributed by atoms with Gasteiger partial charge in [-0.05, 0) is 99.4 Å². The fourth-order valence-electron chi connectivity index (χ4n) is 5.56. The smallest absolute Gasteiger partial charge is 0.226 e. The Morgan fingerprint density at radius 2 is 1.74 bits per heavy atom. The first kappa shape index (κ1) is 26.6. The van der Waals surface area contributed by atoms with E-state index in [1.165, 1.54) is 16.8 Å². The molecule has 1 amide bonds. The number of pyridine rings is 1. The van der Waals surface area contributed by atoms with Gasteiger partial charge in [0.1, 0.15) is 0 Å². The van der Waals surface area contributed by atoms with Crippen LogP contribution in [0.25, 0.3) is 5.69 Å². The number of anilines is 1. The standard InChI is InChI=1S/C32H35N5OS/c1-20-13-14-21(2)27(18-20)34-29(38)15-17-36-31(30(35-32(36)39)26-11-8-9-16-33-26)25-19-23(4)37(24(25)5)28-12-7-6-10-22(28)3/h6-14,16,18-19,30-31H,15,17H2,1-5H3,(H,34,38)(H,35,39)/t30-,31+/m0/s1. The van der Waals surface area contributed by atoms with Gasteiger partial charge in [-0.25, -0.2) is 0 Å². The topological polar surface area (TPSA) is 62.2 Å². The highest BCUT2D eigenvalue weighted by Gasteiger charge is 2.41. The van der Waals surface area contributed by atoms with Gasteiger partial charge in [-0.1, -0.05) is 36.4 Å². The molecule has 39 heavy (non-hydrogen) atoms. The molecule has 6 nitrogen and oxygen atoms in total. The zero-order valence-corrected chi connectivity index (χ0v) is 24.0. The Balaban J connectivity index is 1.48. The fraction of sp³-hybridized carbons (Fsp3) is 0.281. The number of hydrogen-bond donors (Lipinski definition) is 2. The third kappa shape index (κ3) is 5.32. The van der Waals surface area contributed by atoms with Gasteiger partial charge in [0.05, 0.1) is 17.8 Å². The second kappa shape index (κ2) is 11.0. The number of aromatic nitrogens is 2. The number of rotatable bonds is 7. The van der Waals surface area contributed by atoms with E-state index in [2.05, 4.69) is 82.3 Å². The third-order valence-electron chi connectivity index (χ3n) is 7.59. The highest BCUT2D eigenvalue weighted by atomic mass is 32.1. The lowest BCUT2D eigenvalue weighted by Crippen LogP contribution is -2.33. The van der Waals surface area contributed by atoms with Gasteiger partial charge >= 0.3 is 0 Å². The van der Waals surface area contributed by atoms with Crippen LogP contribution < -0.4 is 10.6 Å². The molecular formula is C32H35N5OS. The predicted octanol–water partition coefficient (Wildman–Crippen LogP) is 6.42. The summed E-state index contributed by atoms with van der Waals surface area (Å²) >= 11 is 5.86. The van der Waals surface area contributed by atoms with Crippen molar-refractivity contribution in [1.82, 2.24) is 19.8 Å². The maximum absolute atomic E-state index is 13.1. The van der Waals surface area contributed by atoms with E-state index in [-0.39, 0.29) is 18.0 Å². The van der Waals surface area contributed by atoms with Crippen LogP contribution in [0.1, 0.15) is 57.8 Å². The second-order valence-electron chi connectivity index (χ2n) is 10.4. The van der Waals surface area contributed by atoms with Crippen molar-refractivity contribution in [3.05, 3.63) is 112 Å². The molecule has 1 aliphatic rings. The lowest BCUT2D eigenvalue weighted by molar-refractivity contribution is -0.116. The molecule has 7 heteroatoms. The van der Waals surface area contributed by atoms with Crippen LogP contribution in [0.2, 0.25) is 0 Å². The number of amides is 1. The lowest BCUT2D eigenvalue weighted by atomic mass is 9.96. The van der Waals surface area contributed by atoms with E-state index in [1.54, 1.807) is 0 Å². The molecule has 0 aliphatic carbocycles. The van der Waals surface area contributed by atoms with Gasteiger partial charge in [-0.15, -0.1) is 0 Å². The molecule has 2 atom stereocenters. The largest absolute Gasteiger partial charge is 0.352 e. The van der Waals surface area contributed by atoms with Crippen LogP contribution in [0.4, 0.5) is 5.69 Å². The summed E-state index contributed by atoms with van der Waals surface area (Å²) in [5, 5.41) is 7.25. The summed E-state index contributed by atoms with van der Waals surface area (Å²) in [4.78, 5) is 19.9. The van der Waals surface area contributed by atoms with Gasteiger partial charge in [0, 0.05) is 41.9 Å². The van der Waals surface area contributed by atoms with Crippen LogP contribution in [-0.4, -0.2) is 32.0 Å². The second-order valence-corrected chi connectivity index (χ2v) is 10.8. The van der Waals surface area contributed by atoms with Gasteiger partial charge in [-0.2, -0.15) is 0 Å². The number of carbonyl (C=O) groups is 1. The molecule has 0 saturated carbocycles. The lowest BCUT2D eigenvalue weighted by Gasteiger charge is -2.28. The van der Waals surface area contributed by atoms with Crippen LogP contribution in [0.3, 0.4) is 0 Å². The van der Waals surface area contributed by atoms with Crippen LogP contribution in [-0.2, 0) is 4.79 Å². The normalized spacial score (nSPS) is 16.8. The molecular weight excluding hydrogens is 502 g/mol. The van der Waals surface area contributed by atoms with Crippen molar-refractivity contribution in [2.24, 2.45) is 0 Å². The Bertz CT molecular complexity index is 1530. The van der Waals surface area contributed by atoms with Crippen molar-refractivity contribution in [2.75, 3.05) is 11.9 Å². The number of nitrogens with one attached hydrogen (secondary N) is 2. The minimum Gasteiger partial charge on any atom is -0.352 e. The number of para-hydroxylation sites is 1. The number of aryl methyl sites for hydroxylation is 4. The summed E-state index contributed by atoms with van der Waals surface area (Å²) in [6.45, 7) is 11.0. The number of benzene rings is 2. The average molecular weight is 538 g/mol. The Hall–Kier alpha value is -3.97. The molecule has 1 aliphatic heterocycles. The van der Waals surface area contributed by atoms with Crippen LogP contribution in [0.15, 0.2) is 72.9 Å². The Morgan fingerprint density at radius 1 is 0.974 bits per heavy atom. The first-order valence-electron chi connectivity index (χ1n) is 13.3. The summed E-state index contributed by atoms with van der Waals surface area (Å²) in [6, 6.07) is 22.5. The summed E-state index contributed by atoms with van der Waals surface area (Å²) in [6.07, 6.45) is 2.13. The molecule has 0 unspecified atom stereocenters. The van der Waals surface area contributed by atoms with Gasteiger partial charge < -0.3 is 20.1 Å². The highest BCUT2D eigenvalue weighted by molar-refractivity contribution is 7.80. The van der Waals surface area contributed by atoms with Crippen molar-refractivity contribution in [3.63, 3.8) is 0 Å². The first-order valence-corrected chi connectivity index (χ1v) is 13.8. The third-order valence-corrected chi connectivity index (χ3v) is 7.94. The van der Waals surface area contributed by atoms with Crippen molar-refractivity contribution >= 4 is 28.9 Å². The van der Waals surface area contributed by atoms with Crippen molar-refractivity contribution < 1.29 is 4.79 Å². The molecule has 2 aromatic carbocycles. The maximum Gasteiger partial charge on any atom is 0.226 e. The molecule has 5 rings (SSSR count).